The number of nitrogens with zero attached hydrogens (tertiary/aromatic N) is 4. The van der Waals surface area contributed by atoms with E-state index >= 15 is 0 Å². The molecule has 1 aromatic carbocycles. The van der Waals surface area contributed by atoms with Crippen molar-refractivity contribution in [2.24, 2.45) is 5.10 Å². The molecule has 0 fully saturated rings. The van der Waals surface area contributed by atoms with Gasteiger partial charge in [-0.3, -0.25) is 4.40 Å². The number of aromatic nitrogens is 3. The van der Waals surface area contributed by atoms with E-state index in [4.69, 9.17) is 0 Å². The lowest BCUT2D eigenvalue weighted by molar-refractivity contribution is 0.864. The van der Waals surface area contributed by atoms with E-state index in [0.717, 1.165) is 22.7 Å². The Kier molecular flexibility index (Phi) is 2.93. The highest BCUT2D eigenvalue weighted by molar-refractivity contribution is 5.79. The van der Waals surface area contributed by atoms with E-state index in [-0.39, 0.29) is 0 Å². The van der Waals surface area contributed by atoms with E-state index < -0.39 is 0 Å². The first-order chi connectivity index (χ1) is 9.59. The molecule has 0 aliphatic rings. The fraction of sp³-hybridized carbons (Fsp3) is 0.250. The van der Waals surface area contributed by atoms with Gasteiger partial charge in [0.25, 0.3) is 0 Å². The van der Waals surface area contributed by atoms with E-state index in [9.17, 15) is 0 Å². The van der Waals surface area contributed by atoms with E-state index in [1.807, 2.05) is 48.1 Å². The smallest absolute Gasteiger partial charge is 0.235 e. The Morgan fingerprint density at radius 1 is 0.950 bits per heavy atom. The van der Waals surface area contributed by atoms with Crippen molar-refractivity contribution < 1.29 is 0 Å². The van der Waals surface area contributed by atoms with E-state index in [2.05, 4.69) is 35.3 Å². The Hall–Kier alpha value is -2.36. The zero-order valence-corrected chi connectivity index (χ0v) is 12.3. The third kappa shape index (κ3) is 1.84. The number of hydrogen-bond acceptors (Lipinski definition) is 2. The Balaban J connectivity index is 2.14. The minimum absolute atomic E-state index is 0.877. The molecule has 0 radical (unpaired) electrons. The number of hydrogen-bond donors (Lipinski definition) is 0. The zero-order valence-electron chi connectivity index (χ0n) is 12.3. The number of rotatable bonds is 2. The van der Waals surface area contributed by atoms with Crippen LogP contribution in [0, 0.1) is 27.7 Å². The number of aryl methyl sites for hydroxylation is 3. The molecule has 2 heterocycles. The lowest BCUT2D eigenvalue weighted by Gasteiger charge is -1.98. The summed E-state index contributed by atoms with van der Waals surface area (Å²) >= 11 is 0. The van der Waals surface area contributed by atoms with E-state index in [1.54, 1.807) is 0 Å². The van der Waals surface area contributed by atoms with E-state index in [1.165, 1.54) is 11.4 Å². The number of fused-ring (bicyclic) bond motifs is 1. The maximum absolute atomic E-state index is 4.62. The van der Waals surface area contributed by atoms with Crippen LogP contribution < -0.4 is 0 Å². The molecule has 0 saturated heterocycles. The molecule has 3 aromatic rings. The quantitative estimate of drug-likeness (QED) is 0.656. The van der Waals surface area contributed by atoms with Crippen molar-refractivity contribution in [2.75, 3.05) is 0 Å². The number of benzene rings is 1. The minimum Gasteiger partial charge on any atom is -0.284 e. The molecule has 0 aliphatic heterocycles. The maximum atomic E-state index is 4.62. The van der Waals surface area contributed by atoms with Gasteiger partial charge in [-0.15, -0.1) is 0 Å². The van der Waals surface area contributed by atoms with Gasteiger partial charge in [-0.25, -0.2) is 9.66 Å². The third-order valence-corrected chi connectivity index (χ3v) is 3.81. The molecule has 0 N–H and O–H groups in total. The van der Waals surface area contributed by atoms with Crippen molar-refractivity contribution in [3.63, 3.8) is 0 Å². The highest BCUT2D eigenvalue weighted by Crippen LogP contribution is 2.19. The summed E-state index contributed by atoms with van der Waals surface area (Å²) in [6, 6.07) is 10.1. The second kappa shape index (κ2) is 4.63. The van der Waals surface area contributed by atoms with Crippen molar-refractivity contribution >= 4 is 12.0 Å². The summed E-state index contributed by atoms with van der Waals surface area (Å²) in [6.45, 7) is 8.29. The lowest BCUT2D eigenvalue weighted by atomic mass is 10.2. The fourth-order valence-electron chi connectivity index (χ4n) is 2.40. The molecule has 20 heavy (non-hydrogen) atoms. The van der Waals surface area contributed by atoms with Gasteiger partial charge in [0, 0.05) is 11.4 Å². The standard InChI is InChI=1S/C16H18N4/c1-11-12(2)19-13(3)14(4)20(16(19)18-11)17-10-15-8-6-5-7-9-15/h5-10H,1-4H3/b17-10-. The Morgan fingerprint density at radius 2 is 1.65 bits per heavy atom. The van der Waals surface area contributed by atoms with Crippen molar-refractivity contribution in [1.29, 1.82) is 0 Å². The second-order valence-corrected chi connectivity index (χ2v) is 5.06. The maximum Gasteiger partial charge on any atom is 0.235 e. The van der Waals surface area contributed by atoms with Crippen molar-refractivity contribution in [3.05, 3.63) is 58.7 Å². The highest BCUT2D eigenvalue weighted by atomic mass is 15.4. The first-order valence-corrected chi connectivity index (χ1v) is 6.72. The van der Waals surface area contributed by atoms with Crippen molar-refractivity contribution in [1.82, 2.24) is 14.1 Å². The van der Waals surface area contributed by atoms with Gasteiger partial charge < -0.3 is 0 Å². The normalized spacial score (nSPS) is 11.8. The van der Waals surface area contributed by atoms with Gasteiger partial charge >= 0.3 is 0 Å². The van der Waals surface area contributed by atoms with Crippen LogP contribution in [0.1, 0.15) is 28.3 Å². The van der Waals surface area contributed by atoms with Gasteiger partial charge in [0.1, 0.15) is 0 Å². The van der Waals surface area contributed by atoms with Gasteiger partial charge in [-0.2, -0.15) is 5.10 Å². The largest absolute Gasteiger partial charge is 0.284 e. The van der Waals surface area contributed by atoms with Crippen LogP contribution in [0.25, 0.3) is 5.78 Å². The fourth-order valence-corrected chi connectivity index (χ4v) is 2.40. The van der Waals surface area contributed by atoms with Gasteiger partial charge in [0.05, 0.1) is 17.6 Å². The lowest BCUT2D eigenvalue weighted by Crippen LogP contribution is -1.95. The molecular weight excluding hydrogens is 248 g/mol. The van der Waals surface area contributed by atoms with E-state index in [0.29, 0.717) is 0 Å². The Morgan fingerprint density at radius 3 is 2.35 bits per heavy atom. The molecule has 3 rings (SSSR count). The summed E-state index contributed by atoms with van der Waals surface area (Å²) in [5.41, 5.74) is 5.60. The van der Waals surface area contributed by atoms with Crippen LogP contribution in [-0.4, -0.2) is 20.3 Å². The summed E-state index contributed by atoms with van der Waals surface area (Å²) in [6.07, 6.45) is 1.87. The summed E-state index contributed by atoms with van der Waals surface area (Å²) in [5, 5.41) is 4.59. The molecule has 0 amide bonds. The summed E-state index contributed by atoms with van der Waals surface area (Å²) in [4.78, 5) is 4.62. The monoisotopic (exact) mass is 266 g/mol. The van der Waals surface area contributed by atoms with Crippen LogP contribution in [0.3, 0.4) is 0 Å². The van der Waals surface area contributed by atoms with Crippen LogP contribution in [-0.2, 0) is 0 Å². The Labute approximate surface area is 118 Å². The average Bonchev–Trinajstić information content (AvgIpc) is 2.86. The van der Waals surface area contributed by atoms with Crippen LogP contribution >= 0.6 is 0 Å². The SMILES string of the molecule is Cc1nc2n(/N=C\c3ccccc3)c(C)c(C)n2c1C. The molecule has 0 bridgehead atoms. The van der Waals surface area contributed by atoms with Crippen LogP contribution in [0.4, 0.5) is 0 Å². The summed E-state index contributed by atoms with van der Waals surface area (Å²) in [5.74, 6) is 0.877. The first-order valence-electron chi connectivity index (χ1n) is 6.72. The molecule has 0 spiro atoms. The molecule has 0 aliphatic carbocycles. The predicted octanol–water partition coefficient (Wildman–Crippen LogP) is 3.25. The van der Waals surface area contributed by atoms with Crippen molar-refractivity contribution in [3.8, 4) is 0 Å². The van der Waals surface area contributed by atoms with Crippen molar-refractivity contribution in [2.45, 2.75) is 27.7 Å². The zero-order chi connectivity index (χ0) is 14.3. The second-order valence-electron chi connectivity index (χ2n) is 5.06. The summed E-state index contributed by atoms with van der Waals surface area (Å²) in [7, 11) is 0. The number of imidazole rings is 2. The van der Waals surface area contributed by atoms with Crippen LogP contribution in [0.15, 0.2) is 35.4 Å². The molecule has 2 aromatic heterocycles. The first kappa shape index (κ1) is 12.7. The average molecular weight is 266 g/mol. The van der Waals surface area contributed by atoms with Gasteiger partial charge in [0.2, 0.25) is 5.78 Å². The van der Waals surface area contributed by atoms with Gasteiger partial charge in [-0.05, 0) is 33.3 Å². The topological polar surface area (TPSA) is 34.6 Å². The molecular formula is C16H18N4. The highest BCUT2D eigenvalue weighted by Gasteiger charge is 2.15. The molecule has 0 atom stereocenters. The molecule has 102 valence electrons. The third-order valence-electron chi connectivity index (χ3n) is 3.81. The molecule has 4 heteroatoms. The molecule has 4 nitrogen and oxygen atoms in total. The van der Waals surface area contributed by atoms with Crippen LogP contribution in [0.5, 0.6) is 0 Å². The van der Waals surface area contributed by atoms with Gasteiger partial charge in [-0.1, -0.05) is 30.3 Å². The predicted molar refractivity (Wildman–Crippen MR) is 81.6 cm³/mol. The van der Waals surface area contributed by atoms with Gasteiger partial charge in [0.15, 0.2) is 0 Å². The summed E-state index contributed by atoms with van der Waals surface area (Å²) < 4.78 is 4.06. The van der Waals surface area contributed by atoms with Crippen LogP contribution in [0.2, 0.25) is 0 Å². The Bertz CT molecular complexity index is 791. The molecule has 0 unspecified atom stereocenters. The minimum atomic E-state index is 0.877. The molecule has 0 saturated carbocycles.